The fourth-order valence-electron chi connectivity index (χ4n) is 1.45. The van der Waals surface area contributed by atoms with Crippen LogP contribution < -0.4 is 5.73 Å². The number of benzene rings is 1. The second kappa shape index (κ2) is 6.76. The molecule has 5 nitrogen and oxygen atoms in total. The molecule has 0 aromatic heterocycles. The predicted octanol–water partition coefficient (Wildman–Crippen LogP) is 2.19. The van der Waals surface area contributed by atoms with E-state index in [-0.39, 0.29) is 16.8 Å². The molecule has 0 unspecified atom stereocenters. The van der Waals surface area contributed by atoms with Gasteiger partial charge in [0.25, 0.3) is 0 Å². The van der Waals surface area contributed by atoms with Gasteiger partial charge in [-0.1, -0.05) is 0 Å². The molecule has 2 N–H and O–H groups in total. The third kappa shape index (κ3) is 4.34. The predicted molar refractivity (Wildman–Crippen MR) is 69.2 cm³/mol. The fraction of sp³-hybridized carbons (Fsp3) is 0.214. The Kier molecular flexibility index (Phi) is 5.29. The topological polar surface area (TPSA) is 93.2 Å². The molecule has 0 aliphatic rings. The molecule has 0 aliphatic heterocycles. The highest BCUT2D eigenvalue weighted by Crippen LogP contribution is 2.29. The van der Waals surface area contributed by atoms with E-state index < -0.39 is 30.1 Å². The normalized spacial score (nSPS) is 12.1. The molecule has 0 aliphatic carbocycles. The molecular formula is C14H11F3N2O3. The average molecular weight is 312 g/mol. The number of ether oxygens (including phenoxy) is 1. The third-order valence-corrected chi connectivity index (χ3v) is 2.57. The molecule has 1 rings (SSSR count). The van der Waals surface area contributed by atoms with Crippen LogP contribution in [0.15, 0.2) is 35.5 Å². The average Bonchev–Trinajstić information content (AvgIpc) is 2.44. The Morgan fingerprint density at radius 1 is 1.27 bits per heavy atom. The van der Waals surface area contributed by atoms with Crippen LogP contribution in [0.1, 0.15) is 22.8 Å². The van der Waals surface area contributed by atoms with Crippen molar-refractivity contribution in [1.82, 2.24) is 0 Å². The first-order chi connectivity index (χ1) is 10.2. The van der Waals surface area contributed by atoms with Gasteiger partial charge in [-0.3, -0.25) is 4.79 Å². The summed E-state index contributed by atoms with van der Waals surface area (Å²) in [7, 11) is 0. The minimum absolute atomic E-state index is 0.0157. The lowest BCUT2D eigenvalue weighted by atomic mass is 10.1. The Labute approximate surface area is 123 Å². The molecule has 0 heterocycles. The van der Waals surface area contributed by atoms with Gasteiger partial charge < -0.3 is 10.5 Å². The lowest BCUT2D eigenvalue weighted by Crippen LogP contribution is -2.17. The van der Waals surface area contributed by atoms with Gasteiger partial charge in [-0.05, 0) is 31.2 Å². The summed E-state index contributed by atoms with van der Waals surface area (Å²) in [4.78, 5) is 23.2. The van der Waals surface area contributed by atoms with Crippen molar-refractivity contribution >= 4 is 11.8 Å². The van der Waals surface area contributed by atoms with Crippen molar-refractivity contribution in [1.29, 1.82) is 5.26 Å². The van der Waals surface area contributed by atoms with Gasteiger partial charge >= 0.3 is 12.1 Å². The van der Waals surface area contributed by atoms with Crippen LogP contribution in [0.5, 0.6) is 0 Å². The van der Waals surface area contributed by atoms with Crippen LogP contribution in [0.2, 0.25) is 0 Å². The fourth-order valence-corrected chi connectivity index (χ4v) is 1.45. The minimum Gasteiger partial charge on any atom is -0.454 e. The number of Topliss-reactive ketones (excluding diaryl/α,β-unsaturated/α-hetero) is 1. The summed E-state index contributed by atoms with van der Waals surface area (Å²) in [5.41, 5.74) is 3.91. The summed E-state index contributed by atoms with van der Waals surface area (Å²) >= 11 is 0. The molecule has 116 valence electrons. The van der Waals surface area contributed by atoms with Crippen molar-refractivity contribution < 1.29 is 27.5 Å². The Hall–Kier alpha value is -2.82. The number of esters is 1. The number of hydrogen-bond acceptors (Lipinski definition) is 5. The number of carbonyl (C=O) groups excluding carboxylic acids is 2. The second-order valence-corrected chi connectivity index (χ2v) is 4.24. The van der Waals surface area contributed by atoms with Crippen LogP contribution in [-0.4, -0.2) is 18.4 Å². The standard InChI is InChI=1S/C14H11F3N2O3/c1-8(19)11(6-18)12(20)7-22-13(21)9-2-4-10(5-3-9)14(15,16)17/h2-5H,7,19H2,1H3/b11-8-. The van der Waals surface area contributed by atoms with Crippen LogP contribution in [0.25, 0.3) is 0 Å². The van der Waals surface area contributed by atoms with Crippen LogP contribution in [0.3, 0.4) is 0 Å². The number of nitriles is 1. The third-order valence-electron chi connectivity index (χ3n) is 2.57. The van der Waals surface area contributed by atoms with Gasteiger partial charge in [0.05, 0.1) is 11.1 Å². The van der Waals surface area contributed by atoms with E-state index in [1.165, 1.54) is 6.92 Å². The maximum absolute atomic E-state index is 12.4. The number of nitrogens with two attached hydrogens (primary N) is 1. The van der Waals surface area contributed by atoms with Crippen LogP contribution in [0, 0.1) is 11.3 Å². The Bertz CT molecular complexity index is 651. The zero-order chi connectivity index (χ0) is 16.9. The van der Waals surface area contributed by atoms with Crippen molar-refractivity contribution in [2.24, 2.45) is 5.73 Å². The molecule has 0 saturated carbocycles. The van der Waals surface area contributed by atoms with Crippen molar-refractivity contribution in [3.05, 3.63) is 46.7 Å². The zero-order valence-corrected chi connectivity index (χ0v) is 11.4. The maximum Gasteiger partial charge on any atom is 0.416 e. The highest BCUT2D eigenvalue weighted by molar-refractivity contribution is 6.02. The summed E-state index contributed by atoms with van der Waals surface area (Å²) in [5.74, 6) is -1.77. The number of rotatable bonds is 4. The first-order valence-corrected chi connectivity index (χ1v) is 5.91. The Morgan fingerprint density at radius 2 is 1.82 bits per heavy atom. The van der Waals surface area contributed by atoms with Crippen LogP contribution >= 0.6 is 0 Å². The monoisotopic (exact) mass is 312 g/mol. The molecule has 8 heteroatoms. The van der Waals surface area contributed by atoms with E-state index >= 15 is 0 Å². The van der Waals surface area contributed by atoms with E-state index in [9.17, 15) is 22.8 Å². The van der Waals surface area contributed by atoms with Crippen molar-refractivity contribution in [3.8, 4) is 6.07 Å². The SMILES string of the molecule is C/C(N)=C(\C#N)C(=O)COC(=O)c1ccc(C(F)(F)F)cc1. The zero-order valence-electron chi connectivity index (χ0n) is 11.4. The van der Waals surface area contributed by atoms with Gasteiger partial charge in [0.2, 0.25) is 5.78 Å². The molecule has 1 aromatic rings. The summed E-state index contributed by atoms with van der Waals surface area (Å²) in [6.07, 6.45) is -4.51. The van der Waals surface area contributed by atoms with E-state index in [0.717, 1.165) is 24.3 Å². The first-order valence-electron chi connectivity index (χ1n) is 5.91. The molecule has 22 heavy (non-hydrogen) atoms. The Balaban J connectivity index is 2.73. The smallest absolute Gasteiger partial charge is 0.416 e. The van der Waals surface area contributed by atoms with Crippen LogP contribution in [-0.2, 0) is 15.7 Å². The number of allylic oxidation sites excluding steroid dienone is 1. The van der Waals surface area contributed by atoms with Crippen molar-refractivity contribution in [3.63, 3.8) is 0 Å². The molecular weight excluding hydrogens is 301 g/mol. The second-order valence-electron chi connectivity index (χ2n) is 4.24. The van der Waals surface area contributed by atoms with E-state index in [2.05, 4.69) is 4.74 Å². The molecule has 0 bridgehead atoms. The minimum atomic E-state index is -4.51. The number of halogens is 3. The van der Waals surface area contributed by atoms with Gasteiger partial charge in [-0.25, -0.2) is 4.79 Å². The molecule has 0 atom stereocenters. The lowest BCUT2D eigenvalue weighted by molar-refractivity contribution is -0.137. The van der Waals surface area contributed by atoms with Crippen LogP contribution in [0.4, 0.5) is 13.2 Å². The Morgan fingerprint density at radius 3 is 2.23 bits per heavy atom. The number of nitrogens with zero attached hydrogens (tertiary/aromatic N) is 1. The highest BCUT2D eigenvalue weighted by atomic mass is 19.4. The quantitative estimate of drug-likeness (QED) is 0.522. The number of alkyl halides is 3. The summed E-state index contributed by atoms with van der Waals surface area (Å²) in [6, 6.07) is 4.90. The van der Waals surface area contributed by atoms with E-state index in [1.807, 2.05) is 0 Å². The molecule has 0 spiro atoms. The van der Waals surface area contributed by atoms with Crippen molar-refractivity contribution in [2.75, 3.05) is 6.61 Å². The van der Waals surface area contributed by atoms with Gasteiger partial charge in [0, 0.05) is 5.70 Å². The lowest BCUT2D eigenvalue weighted by Gasteiger charge is -2.07. The highest BCUT2D eigenvalue weighted by Gasteiger charge is 2.30. The summed E-state index contributed by atoms with van der Waals surface area (Å²) in [5, 5.41) is 8.70. The van der Waals surface area contributed by atoms with Gasteiger partial charge in [-0.2, -0.15) is 18.4 Å². The van der Waals surface area contributed by atoms with Gasteiger partial charge in [0.1, 0.15) is 11.6 Å². The molecule has 0 amide bonds. The molecule has 0 fully saturated rings. The molecule has 0 radical (unpaired) electrons. The largest absolute Gasteiger partial charge is 0.454 e. The molecule has 1 aromatic carbocycles. The molecule has 0 saturated heterocycles. The number of ketones is 1. The van der Waals surface area contributed by atoms with Gasteiger partial charge in [0.15, 0.2) is 6.61 Å². The van der Waals surface area contributed by atoms with E-state index in [1.54, 1.807) is 6.07 Å². The number of carbonyl (C=O) groups is 2. The van der Waals surface area contributed by atoms with E-state index in [4.69, 9.17) is 11.0 Å². The van der Waals surface area contributed by atoms with E-state index in [0.29, 0.717) is 0 Å². The van der Waals surface area contributed by atoms with Crippen molar-refractivity contribution in [2.45, 2.75) is 13.1 Å². The summed E-state index contributed by atoms with van der Waals surface area (Å²) in [6.45, 7) is 0.616. The van der Waals surface area contributed by atoms with Gasteiger partial charge in [-0.15, -0.1) is 0 Å². The summed E-state index contributed by atoms with van der Waals surface area (Å²) < 4.78 is 41.7. The number of hydrogen-bond donors (Lipinski definition) is 1. The first kappa shape index (κ1) is 17.2. The maximum atomic E-state index is 12.4.